The highest BCUT2D eigenvalue weighted by Crippen LogP contribution is 2.32. The summed E-state index contributed by atoms with van der Waals surface area (Å²) < 4.78 is 6.14. The molecule has 36 heavy (non-hydrogen) atoms. The van der Waals surface area contributed by atoms with Crippen LogP contribution in [0.25, 0.3) is 0 Å². The van der Waals surface area contributed by atoms with E-state index in [4.69, 9.17) is 4.74 Å². The van der Waals surface area contributed by atoms with Crippen LogP contribution in [0, 0.1) is 5.92 Å². The normalized spacial score (nSPS) is 17.6. The van der Waals surface area contributed by atoms with Gasteiger partial charge in [0.1, 0.15) is 7.85 Å². The zero-order chi connectivity index (χ0) is 27.5. The summed E-state index contributed by atoms with van der Waals surface area (Å²) in [6.07, 6.45) is 3.05. The second kappa shape index (κ2) is 11.1. The summed E-state index contributed by atoms with van der Waals surface area (Å²) in [5.74, 6) is -0.516. The number of nitrogens with zero attached hydrogens (tertiary/aromatic N) is 1. The first-order valence-electron chi connectivity index (χ1n) is 13.2. The molecule has 1 heterocycles. The molecule has 200 valence electrons. The van der Waals surface area contributed by atoms with E-state index in [-0.39, 0.29) is 51.9 Å². The van der Waals surface area contributed by atoms with Gasteiger partial charge in [0.05, 0.1) is 11.3 Å². The minimum absolute atomic E-state index is 0.0420. The van der Waals surface area contributed by atoms with Gasteiger partial charge in [-0.15, -0.1) is 0 Å². The summed E-state index contributed by atoms with van der Waals surface area (Å²) in [4.78, 5) is 38.6. The topological polar surface area (TPSA) is 75.7 Å². The largest absolute Gasteiger partial charge is 0.376 e. The summed E-state index contributed by atoms with van der Waals surface area (Å²) in [6.45, 7) is 19.4. The number of hydrogen-bond donors (Lipinski definition) is 1. The molecule has 1 aromatic carbocycles. The van der Waals surface area contributed by atoms with Crippen LogP contribution in [0.15, 0.2) is 24.3 Å². The third kappa shape index (κ3) is 8.76. The molecule has 1 aliphatic rings. The van der Waals surface area contributed by atoms with Crippen molar-refractivity contribution < 1.29 is 19.1 Å². The molecule has 1 atom stereocenters. The standard InChI is InChI=1S/C29H47BN2O4/c1-20-18-24(34)32(25(20)35)22-12-10-21(11-13-22)26(2,3)15-14-23(33)31-28(6,7)16-17-29(8,9)36-19-27(4,5)30/h10-13,20H,14-19,30H2,1-9H3,(H,31,33). The number of hydrogen-bond acceptors (Lipinski definition) is 4. The molecule has 0 spiro atoms. The number of nitrogens with one attached hydrogen (secondary N) is 1. The van der Waals surface area contributed by atoms with Crippen LogP contribution in [0.3, 0.4) is 0 Å². The van der Waals surface area contributed by atoms with Gasteiger partial charge in [0.25, 0.3) is 0 Å². The molecule has 0 aromatic heterocycles. The predicted octanol–water partition coefficient (Wildman–Crippen LogP) is 4.95. The maximum absolute atomic E-state index is 12.8. The Morgan fingerprint density at radius 2 is 1.58 bits per heavy atom. The number of benzene rings is 1. The first-order valence-corrected chi connectivity index (χ1v) is 13.2. The Balaban J connectivity index is 1.89. The quantitative estimate of drug-likeness (QED) is 0.327. The molecule has 0 bridgehead atoms. The van der Waals surface area contributed by atoms with E-state index in [0.29, 0.717) is 25.1 Å². The van der Waals surface area contributed by atoms with Crippen LogP contribution in [0.4, 0.5) is 5.69 Å². The molecular weight excluding hydrogens is 451 g/mol. The van der Waals surface area contributed by atoms with Gasteiger partial charge in [-0.2, -0.15) is 0 Å². The number of imide groups is 1. The molecule has 2 rings (SSSR count). The van der Waals surface area contributed by atoms with Crippen LogP contribution in [-0.2, 0) is 24.5 Å². The molecule has 3 amide bonds. The molecule has 1 fully saturated rings. The lowest BCUT2D eigenvalue weighted by atomic mass is 9.73. The summed E-state index contributed by atoms with van der Waals surface area (Å²) in [5, 5.41) is 3.33. The molecule has 7 heteroatoms. The van der Waals surface area contributed by atoms with Gasteiger partial charge in [-0.1, -0.05) is 46.8 Å². The van der Waals surface area contributed by atoms with E-state index in [1.807, 2.05) is 24.3 Å². The van der Waals surface area contributed by atoms with Crippen LogP contribution in [0.1, 0.15) is 100.0 Å². The Morgan fingerprint density at radius 3 is 2.08 bits per heavy atom. The second-order valence-corrected chi connectivity index (χ2v) is 13.6. The number of amides is 3. The average Bonchev–Trinajstić information content (AvgIpc) is 3.00. The molecule has 6 nitrogen and oxygen atoms in total. The van der Waals surface area contributed by atoms with E-state index in [1.165, 1.54) is 4.90 Å². The summed E-state index contributed by atoms with van der Waals surface area (Å²) in [5.41, 5.74) is 0.893. The molecule has 1 saturated heterocycles. The molecule has 0 saturated carbocycles. The lowest BCUT2D eigenvalue weighted by molar-refractivity contribution is -0.124. The van der Waals surface area contributed by atoms with Gasteiger partial charge in [-0.05, 0) is 75.4 Å². The summed E-state index contributed by atoms with van der Waals surface area (Å²) in [6, 6.07) is 7.58. The molecule has 0 aliphatic carbocycles. The zero-order valence-corrected chi connectivity index (χ0v) is 24.2. The van der Waals surface area contributed by atoms with E-state index in [1.54, 1.807) is 6.92 Å². The Hall–Kier alpha value is -2.15. The first-order chi connectivity index (χ1) is 16.3. The maximum Gasteiger partial charge on any atom is 0.237 e. The highest BCUT2D eigenvalue weighted by molar-refractivity contribution is 6.20. The lowest BCUT2D eigenvalue weighted by Crippen LogP contribution is -2.45. The smallest absolute Gasteiger partial charge is 0.237 e. The van der Waals surface area contributed by atoms with Crippen LogP contribution >= 0.6 is 0 Å². The van der Waals surface area contributed by atoms with Gasteiger partial charge >= 0.3 is 0 Å². The maximum atomic E-state index is 12.8. The minimum Gasteiger partial charge on any atom is -0.376 e. The van der Waals surface area contributed by atoms with Crippen molar-refractivity contribution >= 4 is 31.3 Å². The number of anilines is 1. The molecule has 1 aliphatic heterocycles. The van der Waals surface area contributed by atoms with Crippen LogP contribution in [0.2, 0.25) is 5.31 Å². The van der Waals surface area contributed by atoms with E-state index < -0.39 is 0 Å². The van der Waals surface area contributed by atoms with Gasteiger partial charge in [0.15, 0.2) is 0 Å². The van der Waals surface area contributed by atoms with E-state index in [0.717, 1.165) is 18.4 Å². The number of ether oxygens (including phenoxy) is 1. The average molecular weight is 499 g/mol. The van der Waals surface area contributed by atoms with E-state index in [9.17, 15) is 14.4 Å². The summed E-state index contributed by atoms with van der Waals surface area (Å²) in [7, 11) is 2.17. The van der Waals surface area contributed by atoms with E-state index in [2.05, 4.69) is 68.6 Å². The Labute approximate surface area is 219 Å². The van der Waals surface area contributed by atoms with Crippen molar-refractivity contribution in [1.82, 2.24) is 5.32 Å². The van der Waals surface area contributed by atoms with E-state index >= 15 is 0 Å². The molecule has 1 N–H and O–H groups in total. The first kappa shape index (κ1) is 30.1. The Kier molecular flexibility index (Phi) is 9.26. The monoisotopic (exact) mass is 498 g/mol. The van der Waals surface area contributed by atoms with Crippen molar-refractivity contribution in [2.75, 3.05) is 11.5 Å². The predicted molar refractivity (Wildman–Crippen MR) is 149 cm³/mol. The van der Waals surface area contributed by atoms with Crippen molar-refractivity contribution in [2.45, 2.75) is 116 Å². The fourth-order valence-corrected chi connectivity index (χ4v) is 4.29. The number of carbonyl (C=O) groups is 3. The number of carbonyl (C=O) groups excluding carboxylic acids is 3. The Morgan fingerprint density at radius 1 is 1.00 bits per heavy atom. The van der Waals surface area contributed by atoms with Crippen molar-refractivity contribution in [3.05, 3.63) is 29.8 Å². The van der Waals surface area contributed by atoms with Crippen molar-refractivity contribution in [3.8, 4) is 0 Å². The molecule has 1 unspecified atom stereocenters. The van der Waals surface area contributed by atoms with Crippen LogP contribution in [-0.4, -0.2) is 43.3 Å². The second-order valence-electron chi connectivity index (χ2n) is 13.6. The highest BCUT2D eigenvalue weighted by Gasteiger charge is 2.37. The zero-order valence-electron chi connectivity index (χ0n) is 24.2. The van der Waals surface area contributed by atoms with Gasteiger partial charge in [0.2, 0.25) is 17.7 Å². The summed E-state index contributed by atoms with van der Waals surface area (Å²) >= 11 is 0. The van der Waals surface area contributed by atoms with Crippen LogP contribution in [0.5, 0.6) is 0 Å². The van der Waals surface area contributed by atoms with Gasteiger partial charge in [-0.25, -0.2) is 0 Å². The van der Waals surface area contributed by atoms with Crippen molar-refractivity contribution in [1.29, 1.82) is 0 Å². The van der Waals surface area contributed by atoms with Crippen molar-refractivity contribution in [2.24, 2.45) is 5.92 Å². The van der Waals surface area contributed by atoms with Gasteiger partial charge in [0, 0.05) is 30.9 Å². The number of rotatable bonds is 12. The Bertz CT molecular complexity index is 945. The fraction of sp³-hybridized carbons (Fsp3) is 0.690. The molecule has 0 radical (unpaired) electrons. The molecular formula is C29H47BN2O4. The van der Waals surface area contributed by atoms with Gasteiger partial charge in [-0.3, -0.25) is 19.3 Å². The lowest BCUT2D eigenvalue weighted by Gasteiger charge is -2.34. The fourth-order valence-electron chi connectivity index (χ4n) is 4.29. The SMILES string of the molecule is BC(C)(C)COC(C)(C)CCC(C)(C)NC(=O)CCC(C)(C)c1ccc(N2C(=O)CC(C)C2=O)cc1. The van der Waals surface area contributed by atoms with Crippen molar-refractivity contribution in [3.63, 3.8) is 0 Å². The highest BCUT2D eigenvalue weighted by atomic mass is 16.5. The third-order valence-electron chi connectivity index (χ3n) is 6.98. The van der Waals surface area contributed by atoms with Gasteiger partial charge < -0.3 is 10.1 Å². The van der Waals surface area contributed by atoms with Crippen LogP contribution < -0.4 is 10.2 Å². The molecule has 1 aromatic rings. The minimum atomic E-state index is -0.322. The third-order valence-corrected chi connectivity index (χ3v) is 6.98.